The topological polar surface area (TPSA) is 18.5 Å². The summed E-state index contributed by atoms with van der Waals surface area (Å²) >= 11 is 3.59. The Hall–Kier alpha value is -0.580. The highest BCUT2D eigenvalue weighted by Gasteiger charge is 2.33. The van der Waals surface area contributed by atoms with E-state index in [1.54, 1.807) is 0 Å². The van der Waals surface area contributed by atoms with E-state index in [0.717, 1.165) is 29.5 Å². The van der Waals surface area contributed by atoms with Gasteiger partial charge in [0.1, 0.15) is 0 Å². The Balaban J connectivity index is 1.45. The first-order valence-corrected chi connectivity index (χ1v) is 8.94. The van der Waals surface area contributed by atoms with E-state index in [9.17, 15) is 0 Å². The number of piperidine rings is 2. The second-order valence-corrected chi connectivity index (χ2v) is 7.30. The number of hydrogen-bond donors (Lipinski definition) is 1. The molecule has 0 radical (unpaired) electrons. The second-order valence-electron chi connectivity index (χ2n) is 6.45. The molecule has 0 saturated carbocycles. The molecule has 2 atom stereocenters. The summed E-state index contributed by atoms with van der Waals surface area (Å²) in [6.07, 6.45) is 4.14. The van der Waals surface area contributed by atoms with E-state index >= 15 is 0 Å². The summed E-state index contributed by atoms with van der Waals surface area (Å²) in [4.78, 5) is 5.23. The molecule has 4 heteroatoms. The maximum atomic E-state index is 3.59. The van der Waals surface area contributed by atoms with Crippen LogP contribution in [0.1, 0.15) is 19.3 Å². The van der Waals surface area contributed by atoms with Crippen LogP contribution >= 0.6 is 15.9 Å². The zero-order chi connectivity index (χ0) is 14.7. The molecule has 2 aliphatic heterocycles. The monoisotopic (exact) mass is 351 g/mol. The van der Waals surface area contributed by atoms with Crippen LogP contribution in [0.3, 0.4) is 0 Å². The number of para-hydroxylation sites is 1. The summed E-state index contributed by atoms with van der Waals surface area (Å²) in [6.45, 7) is 6.00. The molecule has 1 aromatic carbocycles. The largest absolute Gasteiger partial charge is 0.383 e. The van der Waals surface area contributed by atoms with Gasteiger partial charge in [-0.25, -0.2) is 0 Å². The molecule has 2 aliphatic rings. The smallest absolute Gasteiger partial charge is 0.0485 e. The van der Waals surface area contributed by atoms with Crippen LogP contribution in [0.15, 0.2) is 28.7 Å². The van der Waals surface area contributed by atoms with Crippen molar-refractivity contribution in [3.63, 3.8) is 0 Å². The molecule has 1 aromatic rings. The van der Waals surface area contributed by atoms with Gasteiger partial charge in [-0.15, -0.1) is 0 Å². The zero-order valence-electron chi connectivity index (χ0n) is 12.9. The summed E-state index contributed by atoms with van der Waals surface area (Å²) in [5.41, 5.74) is 1.20. The lowest BCUT2D eigenvalue weighted by molar-refractivity contribution is 0.0403. The van der Waals surface area contributed by atoms with Crippen molar-refractivity contribution in [2.45, 2.75) is 25.3 Å². The van der Waals surface area contributed by atoms with Crippen molar-refractivity contribution in [3.05, 3.63) is 28.7 Å². The molecule has 2 fully saturated rings. The van der Waals surface area contributed by atoms with Gasteiger partial charge >= 0.3 is 0 Å². The average Bonchev–Trinajstić information content (AvgIpc) is 2.49. The number of anilines is 1. The predicted octanol–water partition coefficient (Wildman–Crippen LogP) is 3.28. The van der Waals surface area contributed by atoms with Crippen molar-refractivity contribution in [2.75, 3.05) is 45.1 Å². The maximum Gasteiger partial charge on any atom is 0.0485 e. The van der Waals surface area contributed by atoms with Crippen LogP contribution in [0.2, 0.25) is 0 Å². The first-order valence-electron chi connectivity index (χ1n) is 8.15. The molecular formula is C17H26BrN3. The third-order valence-corrected chi connectivity index (χ3v) is 5.74. The molecule has 0 amide bonds. The van der Waals surface area contributed by atoms with Crippen LogP contribution in [0.4, 0.5) is 5.69 Å². The van der Waals surface area contributed by atoms with E-state index in [1.807, 2.05) is 0 Å². The summed E-state index contributed by atoms with van der Waals surface area (Å²) in [6, 6.07) is 9.19. The number of rotatable bonds is 4. The Labute approximate surface area is 136 Å². The Kier molecular flexibility index (Phi) is 5.19. The van der Waals surface area contributed by atoms with Crippen molar-refractivity contribution >= 4 is 21.6 Å². The van der Waals surface area contributed by atoms with Crippen molar-refractivity contribution in [2.24, 2.45) is 5.92 Å². The standard InChI is InChI=1S/C17H26BrN3/c1-20-10-4-5-14-13-21(11-8-17(14)20)12-9-19-16-7-3-2-6-15(16)18/h2-3,6-7,14,17,19H,4-5,8-13H2,1H3. The quantitative estimate of drug-likeness (QED) is 0.897. The fraction of sp³-hybridized carbons (Fsp3) is 0.647. The van der Waals surface area contributed by atoms with Crippen molar-refractivity contribution in [1.82, 2.24) is 9.80 Å². The van der Waals surface area contributed by atoms with Crippen LogP contribution in [0.25, 0.3) is 0 Å². The van der Waals surface area contributed by atoms with E-state index in [0.29, 0.717) is 0 Å². The SMILES string of the molecule is CN1CCCC2CN(CCNc3ccccc3Br)CCC21. The number of benzene rings is 1. The molecule has 21 heavy (non-hydrogen) atoms. The predicted molar refractivity (Wildman–Crippen MR) is 92.8 cm³/mol. The number of nitrogens with zero attached hydrogens (tertiary/aromatic N) is 2. The Morgan fingerprint density at radius 3 is 2.95 bits per heavy atom. The van der Waals surface area contributed by atoms with E-state index in [2.05, 4.69) is 62.4 Å². The lowest BCUT2D eigenvalue weighted by Crippen LogP contribution is -2.53. The molecule has 0 aromatic heterocycles. The summed E-state index contributed by atoms with van der Waals surface area (Å²) in [5, 5.41) is 3.54. The highest BCUT2D eigenvalue weighted by molar-refractivity contribution is 9.10. The van der Waals surface area contributed by atoms with E-state index in [-0.39, 0.29) is 0 Å². The zero-order valence-corrected chi connectivity index (χ0v) is 14.5. The van der Waals surface area contributed by atoms with Crippen LogP contribution in [-0.2, 0) is 0 Å². The third-order valence-electron chi connectivity index (χ3n) is 5.05. The fourth-order valence-corrected chi connectivity index (χ4v) is 4.31. The van der Waals surface area contributed by atoms with Gasteiger partial charge in [-0.1, -0.05) is 12.1 Å². The molecule has 3 rings (SSSR count). The van der Waals surface area contributed by atoms with E-state index in [4.69, 9.17) is 0 Å². The fourth-order valence-electron chi connectivity index (χ4n) is 3.88. The number of fused-ring (bicyclic) bond motifs is 1. The number of nitrogens with one attached hydrogen (secondary N) is 1. The minimum Gasteiger partial charge on any atom is -0.383 e. The van der Waals surface area contributed by atoms with Gasteiger partial charge in [0, 0.05) is 35.8 Å². The van der Waals surface area contributed by atoms with Crippen molar-refractivity contribution in [1.29, 1.82) is 0 Å². The van der Waals surface area contributed by atoms with Gasteiger partial charge in [0.05, 0.1) is 0 Å². The summed E-state index contributed by atoms with van der Waals surface area (Å²) < 4.78 is 1.15. The molecule has 2 saturated heterocycles. The highest BCUT2D eigenvalue weighted by atomic mass is 79.9. The molecule has 2 unspecified atom stereocenters. The summed E-state index contributed by atoms with van der Waals surface area (Å²) in [5.74, 6) is 0.890. The molecule has 1 N–H and O–H groups in total. The minimum atomic E-state index is 0.839. The number of hydrogen-bond acceptors (Lipinski definition) is 3. The van der Waals surface area contributed by atoms with Crippen LogP contribution in [0, 0.1) is 5.92 Å². The van der Waals surface area contributed by atoms with E-state index in [1.165, 1.54) is 44.6 Å². The van der Waals surface area contributed by atoms with Crippen molar-refractivity contribution in [3.8, 4) is 0 Å². The molecular weight excluding hydrogens is 326 g/mol. The van der Waals surface area contributed by atoms with Gasteiger partial charge in [0.2, 0.25) is 0 Å². The normalized spacial score (nSPS) is 27.3. The molecule has 116 valence electrons. The number of halogens is 1. The van der Waals surface area contributed by atoms with Gasteiger partial charge in [0.25, 0.3) is 0 Å². The van der Waals surface area contributed by atoms with Gasteiger partial charge < -0.3 is 15.1 Å². The molecule has 0 spiro atoms. The van der Waals surface area contributed by atoms with E-state index < -0.39 is 0 Å². The van der Waals surface area contributed by atoms with Crippen LogP contribution in [0.5, 0.6) is 0 Å². The number of likely N-dealkylation sites (tertiary alicyclic amines) is 2. The second kappa shape index (κ2) is 7.12. The Bertz CT molecular complexity index is 465. The van der Waals surface area contributed by atoms with Gasteiger partial charge in [0.15, 0.2) is 0 Å². The summed E-state index contributed by atoms with van der Waals surface area (Å²) in [7, 11) is 2.31. The average molecular weight is 352 g/mol. The Morgan fingerprint density at radius 1 is 1.24 bits per heavy atom. The lowest BCUT2D eigenvalue weighted by atomic mass is 9.84. The van der Waals surface area contributed by atoms with Crippen LogP contribution in [-0.4, -0.2) is 55.6 Å². The lowest BCUT2D eigenvalue weighted by Gasteiger charge is -2.46. The van der Waals surface area contributed by atoms with Gasteiger partial charge in [-0.2, -0.15) is 0 Å². The Morgan fingerprint density at radius 2 is 2.10 bits per heavy atom. The van der Waals surface area contributed by atoms with Crippen LogP contribution < -0.4 is 5.32 Å². The molecule has 2 heterocycles. The first kappa shape index (κ1) is 15.3. The maximum absolute atomic E-state index is 3.59. The molecule has 0 aliphatic carbocycles. The molecule has 0 bridgehead atoms. The van der Waals surface area contributed by atoms with Gasteiger partial charge in [-0.05, 0) is 73.4 Å². The highest BCUT2D eigenvalue weighted by Crippen LogP contribution is 2.29. The minimum absolute atomic E-state index is 0.839. The first-order chi connectivity index (χ1) is 10.2. The van der Waals surface area contributed by atoms with Gasteiger partial charge in [-0.3, -0.25) is 0 Å². The third kappa shape index (κ3) is 3.79. The molecule has 3 nitrogen and oxygen atoms in total. The van der Waals surface area contributed by atoms with Crippen molar-refractivity contribution < 1.29 is 0 Å².